The van der Waals surface area contributed by atoms with Crippen molar-refractivity contribution in [3.05, 3.63) is 53.6 Å². The number of nitrogen functional groups attached to an aromatic ring is 1. The number of halogens is 1. The molecule has 0 fully saturated rings. The molecule has 2 aromatic rings. The molecule has 0 radical (unpaired) electrons. The van der Waals surface area contributed by atoms with Gasteiger partial charge in [0.2, 0.25) is 0 Å². The summed E-state index contributed by atoms with van der Waals surface area (Å²) >= 11 is 6.05. The second-order valence-electron chi connectivity index (χ2n) is 5.85. The zero-order valence-corrected chi connectivity index (χ0v) is 13.6. The van der Waals surface area contributed by atoms with Crippen LogP contribution in [0.2, 0.25) is 5.02 Å². The van der Waals surface area contributed by atoms with Crippen LogP contribution in [-0.2, 0) is 4.74 Å². The van der Waals surface area contributed by atoms with Crippen molar-refractivity contribution in [2.24, 2.45) is 0 Å². The lowest BCUT2D eigenvalue weighted by Crippen LogP contribution is -2.34. The fourth-order valence-corrected chi connectivity index (χ4v) is 2.10. The van der Waals surface area contributed by atoms with Gasteiger partial charge in [-0.3, -0.25) is 0 Å². The number of anilines is 3. The summed E-state index contributed by atoms with van der Waals surface area (Å²) in [6.45, 7) is 5.44. The summed E-state index contributed by atoms with van der Waals surface area (Å²) in [7, 11) is 0. The van der Waals surface area contributed by atoms with Crippen molar-refractivity contribution in [1.82, 2.24) is 0 Å². The van der Waals surface area contributed by atoms with Crippen LogP contribution >= 0.6 is 11.6 Å². The molecule has 4 nitrogen and oxygen atoms in total. The Bertz CT molecular complexity index is 666. The summed E-state index contributed by atoms with van der Waals surface area (Å²) in [6.07, 6.45) is -0.507. The molecule has 1 amide bonds. The number of carbonyl (C=O) groups excluding carboxylic acids is 1. The predicted octanol–water partition coefficient (Wildman–Crippen LogP) is 5.00. The molecule has 0 heterocycles. The van der Waals surface area contributed by atoms with E-state index in [4.69, 9.17) is 22.1 Å². The van der Waals surface area contributed by atoms with E-state index in [1.807, 2.05) is 51.1 Å². The van der Waals surface area contributed by atoms with Crippen LogP contribution in [0.3, 0.4) is 0 Å². The normalized spacial score (nSPS) is 11.1. The number of benzene rings is 2. The van der Waals surface area contributed by atoms with Crippen LogP contribution in [-0.4, -0.2) is 11.7 Å². The minimum atomic E-state index is -0.614. The molecule has 0 saturated carbocycles. The number of nitrogens with two attached hydrogens (primary N) is 1. The summed E-state index contributed by atoms with van der Waals surface area (Å²) in [5.74, 6) is 0. The molecule has 2 rings (SSSR count). The summed E-state index contributed by atoms with van der Waals surface area (Å²) in [4.78, 5) is 14.1. The molecule has 2 aromatic carbocycles. The number of nitrogens with zero attached hydrogens (tertiary/aromatic N) is 1. The highest BCUT2D eigenvalue weighted by molar-refractivity contribution is 6.31. The maximum atomic E-state index is 12.6. The van der Waals surface area contributed by atoms with E-state index in [9.17, 15) is 4.79 Å². The Morgan fingerprint density at radius 3 is 2.36 bits per heavy atom. The van der Waals surface area contributed by atoms with Gasteiger partial charge in [0.15, 0.2) is 0 Å². The molecule has 2 N–H and O–H groups in total. The van der Waals surface area contributed by atoms with Crippen molar-refractivity contribution in [2.75, 3.05) is 10.6 Å². The van der Waals surface area contributed by atoms with E-state index >= 15 is 0 Å². The Morgan fingerprint density at radius 2 is 1.77 bits per heavy atom. The topological polar surface area (TPSA) is 55.6 Å². The number of hydrogen-bond donors (Lipinski definition) is 1. The van der Waals surface area contributed by atoms with Crippen LogP contribution in [0, 0.1) is 0 Å². The quantitative estimate of drug-likeness (QED) is 0.793. The average Bonchev–Trinajstić information content (AvgIpc) is 2.42. The van der Waals surface area contributed by atoms with Crippen LogP contribution in [0.1, 0.15) is 20.8 Å². The van der Waals surface area contributed by atoms with Crippen LogP contribution < -0.4 is 10.6 Å². The van der Waals surface area contributed by atoms with Gasteiger partial charge in [0.25, 0.3) is 0 Å². The van der Waals surface area contributed by atoms with Gasteiger partial charge < -0.3 is 10.5 Å². The Hall–Kier alpha value is -2.20. The highest BCUT2D eigenvalue weighted by atomic mass is 35.5. The van der Waals surface area contributed by atoms with Crippen LogP contribution in [0.15, 0.2) is 48.5 Å². The third kappa shape index (κ3) is 3.92. The zero-order chi connectivity index (χ0) is 16.3. The zero-order valence-electron chi connectivity index (χ0n) is 12.8. The van der Waals surface area contributed by atoms with Gasteiger partial charge >= 0.3 is 6.09 Å². The van der Waals surface area contributed by atoms with Crippen molar-refractivity contribution in [2.45, 2.75) is 26.4 Å². The number of ether oxygens (including phenoxy) is 1. The van der Waals surface area contributed by atoms with Gasteiger partial charge in [-0.25, -0.2) is 9.69 Å². The van der Waals surface area contributed by atoms with E-state index in [0.29, 0.717) is 22.1 Å². The van der Waals surface area contributed by atoms with E-state index in [0.717, 1.165) is 0 Å². The molecule has 0 aliphatic carbocycles. The number of carbonyl (C=O) groups is 1. The fraction of sp³-hybridized carbons (Fsp3) is 0.235. The Balaban J connectivity index is 2.51. The number of hydrogen-bond acceptors (Lipinski definition) is 3. The molecule has 22 heavy (non-hydrogen) atoms. The molecule has 116 valence electrons. The minimum absolute atomic E-state index is 0.444. The predicted molar refractivity (Wildman–Crippen MR) is 90.7 cm³/mol. The third-order valence-electron chi connectivity index (χ3n) is 2.82. The summed E-state index contributed by atoms with van der Waals surface area (Å²) < 4.78 is 5.49. The Kier molecular flexibility index (Phi) is 4.62. The summed E-state index contributed by atoms with van der Waals surface area (Å²) in [6, 6.07) is 14.2. The van der Waals surface area contributed by atoms with Crippen molar-refractivity contribution in [3.8, 4) is 0 Å². The van der Waals surface area contributed by atoms with Gasteiger partial charge in [0.05, 0.1) is 17.1 Å². The molecule has 0 unspecified atom stereocenters. The lowest BCUT2D eigenvalue weighted by Gasteiger charge is -2.28. The molecule has 0 aliphatic rings. The number of amides is 1. The van der Waals surface area contributed by atoms with Gasteiger partial charge in [0, 0.05) is 5.02 Å². The molecule has 0 atom stereocenters. The van der Waals surface area contributed by atoms with E-state index in [1.165, 1.54) is 4.90 Å². The Labute approximate surface area is 135 Å². The maximum absolute atomic E-state index is 12.6. The first-order valence-electron chi connectivity index (χ1n) is 6.91. The monoisotopic (exact) mass is 318 g/mol. The van der Waals surface area contributed by atoms with Gasteiger partial charge in [-0.05, 0) is 51.1 Å². The second kappa shape index (κ2) is 6.28. The lowest BCUT2D eigenvalue weighted by molar-refractivity contribution is 0.0599. The molecular weight excluding hydrogens is 300 g/mol. The average molecular weight is 319 g/mol. The highest BCUT2D eigenvalue weighted by Gasteiger charge is 2.26. The minimum Gasteiger partial charge on any atom is -0.443 e. The van der Waals surface area contributed by atoms with Crippen LogP contribution in [0.5, 0.6) is 0 Å². The third-order valence-corrected chi connectivity index (χ3v) is 3.06. The van der Waals surface area contributed by atoms with Crippen LogP contribution in [0.4, 0.5) is 21.9 Å². The second-order valence-corrected chi connectivity index (χ2v) is 6.29. The van der Waals surface area contributed by atoms with Gasteiger partial charge in [-0.15, -0.1) is 0 Å². The highest BCUT2D eigenvalue weighted by Crippen LogP contribution is 2.34. The summed E-state index contributed by atoms with van der Waals surface area (Å²) in [5.41, 5.74) is 7.00. The van der Waals surface area contributed by atoms with Crippen molar-refractivity contribution in [1.29, 1.82) is 0 Å². The van der Waals surface area contributed by atoms with Crippen molar-refractivity contribution < 1.29 is 9.53 Å². The molecule has 5 heteroatoms. The fourth-order valence-electron chi connectivity index (χ4n) is 1.94. The smallest absolute Gasteiger partial charge is 0.419 e. The van der Waals surface area contributed by atoms with Crippen molar-refractivity contribution >= 4 is 34.8 Å². The lowest BCUT2D eigenvalue weighted by atomic mass is 10.2. The van der Waals surface area contributed by atoms with E-state index < -0.39 is 11.7 Å². The molecule has 0 spiro atoms. The standard InChI is InChI=1S/C17H19ClN2O2/c1-17(2,3)22-16(21)20(13-7-5-4-6-8-13)15-11-12(18)9-10-14(15)19/h4-11H,19H2,1-3H3. The largest absolute Gasteiger partial charge is 0.443 e. The first-order chi connectivity index (χ1) is 10.3. The van der Waals surface area contributed by atoms with Gasteiger partial charge in [0.1, 0.15) is 5.60 Å². The Morgan fingerprint density at radius 1 is 1.14 bits per heavy atom. The SMILES string of the molecule is CC(C)(C)OC(=O)N(c1ccccc1)c1cc(Cl)ccc1N. The number of rotatable bonds is 2. The maximum Gasteiger partial charge on any atom is 0.419 e. The molecule has 0 aromatic heterocycles. The van der Waals surface area contributed by atoms with E-state index in [-0.39, 0.29) is 0 Å². The number of para-hydroxylation sites is 1. The first-order valence-corrected chi connectivity index (χ1v) is 7.29. The van der Waals surface area contributed by atoms with Gasteiger partial charge in [-0.2, -0.15) is 0 Å². The van der Waals surface area contributed by atoms with E-state index in [2.05, 4.69) is 0 Å². The van der Waals surface area contributed by atoms with Crippen molar-refractivity contribution in [3.63, 3.8) is 0 Å². The first kappa shape index (κ1) is 16.2. The summed E-state index contributed by atoms with van der Waals surface area (Å²) in [5, 5.41) is 0.494. The van der Waals surface area contributed by atoms with E-state index in [1.54, 1.807) is 18.2 Å². The molecule has 0 bridgehead atoms. The molecule has 0 aliphatic heterocycles. The molecular formula is C17H19ClN2O2. The molecule has 0 saturated heterocycles. The van der Waals surface area contributed by atoms with Crippen LogP contribution in [0.25, 0.3) is 0 Å². The van der Waals surface area contributed by atoms with Gasteiger partial charge in [-0.1, -0.05) is 29.8 Å².